The van der Waals surface area contributed by atoms with Crippen LogP contribution in [-0.4, -0.2) is 22.8 Å². The zero-order valence-electron chi connectivity index (χ0n) is 18.3. The summed E-state index contributed by atoms with van der Waals surface area (Å²) in [5.41, 5.74) is 0.677. The second kappa shape index (κ2) is 8.11. The predicted molar refractivity (Wildman–Crippen MR) is 111 cm³/mol. The van der Waals surface area contributed by atoms with E-state index in [9.17, 15) is 9.90 Å². The van der Waals surface area contributed by atoms with Crippen molar-refractivity contribution in [2.45, 2.75) is 98.2 Å². The highest BCUT2D eigenvalue weighted by molar-refractivity contribution is 5.69. The van der Waals surface area contributed by atoms with Crippen molar-refractivity contribution in [3.05, 3.63) is 24.3 Å². The van der Waals surface area contributed by atoms with Gasteiger partial charge in [-0.25, -0.2) is 0 Å². The molecule has 0 spiro atoms. The first-order chi connectivity index (χ1) is 12.5. The molecule has 27 heavy (non-hydrogen) atoms. The molecule has 0 aromatic heterocycles. The molecule has 1 fully saturated rings. The van der Waals surface area contributed by atoms with Gasteiger partial charge in [0.15, 0.2) is 0 Å². The van der Waals surface area contributed by atoms with E-state index in [-0.39, 0.29) is 22.9 Å². The van der Waals surface area contributed by atoms with Crippen molar-refractivity contribution < 1.29 is 14.6 Å². The van der Waals surface area contributed by atoms with Crippen LogP contribution in [0.25, 0.3) is 0 Å². The molecule has 3 nitrogen and oxygen atoms in total. The first-order valence-corrected chi connectivity index (χ1v) is 10.7. The summed E-state index contributed by atoms with van der Waals surface area (Å²) in [6.45, 7) is 16.9. The van der Waals surface area contributed by atoms with Crippen molar-refractivity contribution in [2.75, 3.05) is 0 Å². The summed E-state index contributed by atoms with van der Waals surface area (Å²) >= 11 is 0. The summed E-state index contributed by atoms with van der Waals surface area (Å²) in [5.74, 6) is 0.625. The minimum absolute atomic E-state index is 0.0784. The molecule has 2 aliphatic rings. The van der Waals surface area contributed by atoms with E-state index in [1.54, 1.807) is 6.08 Å². The van der Waals surface area contributed by atoms with E-state index >= 15 is 0 Å². The van der Waals surface area contributed by atoms with E-state index in [1.807, 2.05) is 13.8 Å². The molecular formula is C24H40O3. The smallest absolute Gasteiger partial charge is 0.306 e. The third-order valence-electron chi connectivity index (χ3n) is 7.29. The summed E-state index contributed by atoms with van der Waals surface area (Å²) in [4.78, 5) is 12.3. The zero-order valence-corrected chi connectivity index (χ0v) is 18.3. The van der Waals surface area contributed by atoms with Gasteiger partial charge in [-0.2, -0.15) is 0 Å². The Kier molecular flexibility index (Phi) is 6.67. The molecule has 1 N–H and O–H groups in total. The van der Waals surface area contributed by atoms with E-state index < -0.39 is 5.60 Å². The lowest BCUT2D eigenvalue weighted by molar-refractivity contribution is -0.163. The fourth-order valence-corrected chi connectivity index (χ4v) is 5.94. The molecule has 154 valence electrons. The van der Waals surface area contributed by atoms with Crippen LogP contribution in [0.1, 0.15) is 86.5 Å². The molecule has 0 amide bonds. The standard InChI is InChI=1S/C24H40O3/c1-8-11-20(25)27-19-16-17(3)18(12-15-23(6,26)9-2)24(7)14-10-13-22(4,5)21(19)24/h9,16,18-19,21,26H,2,8,10-15H2,1,3-7H3/t18-,19-,21-,23-,24+/m0/s1. The lowest BCUT2D eigenvalue weighted by Gasteiger charge is -2.59. The lowest BCUT2D eigenvalue weighted by Crippen LogP contribution is -2.55. The molecule has 5 atom stereocenters. The minimum atomic E-state index is -0.833. The summed E-state index contributed by atoms with van der Waals surface area (Å²) < 4.78 is 6.01. The van der Waals surface area contributed by atoms with Crippen LogP contribution >= 0.6 is 0 Å². The number of ether oxygens (including phenoxy) is 1. The van der Waals surface area contributed by atoms with Gasteiger partial charge >= 0.3 is 5.97 Å². The van der Waals surface area contributed by atoms with Crippen molar-refractivity contribution in [2.24, 2.45) is 22.7 Å². The van der Waals surface area contributed by atoms with Crippen LogP contribution in [0.15, 0.2) is 24.3 Å². The van der Waals surface area contributed by atoms with Crippen molar-refractivity contribution in [3.8, 4) is 0 Å². The second-order valence-electron chi connectivity index (χ2n) is 10.1. The molecule has 0 aromatic rings. The molecule has 0 heterocycles. The molecule has 0 unspecified atom stereocenters. The van der Waals surface area contributed by atoms with E-state index in [2.05, 4.69) is 40.3 Å². The van der Waals surface area contributed by atoms with E-state index in [0.29, 0.717) is 24.7 Å². The van der Waals surface area contributed by atoms with Crippen LogP contribution in [0.2, 0.25) is 0 Å². The molecule has 0 bridgehead atoms. The van der Waals surface area contributed by atoms with Crippen molar-refractivity contribution in [1.82, 2.24) is 0 Å². The Morgan fingerprint density at radius 1 is 1.41 bits per heavy atom. The van der Waals surface area contributed by atoms with Gasteiger partial charge < -0.3 is 9.84 Å². The monoisotopic (exact) mass is 376 g/mol. The number of carbonyl (C=O) groups excluding carboxylic acids is 1. The van der Waals surface area contributed by atoms with Gasteiger partial charge in [0.25, 0.3) is 0 Å². The topological polar surface area (TPSA) is 46.5 Å². The summed E-state index contributed by atoms with van der Waals surface area (Å²) in [7, 11) is 0. The highest BCUT2D eigenvalue weighted by Gasteiger charge is 2.56. The summed E-state index contributed by atoms with van der Waals surface area (Å²) in [6.07, 6.45) is 10.2. The van der Waals surface area contributed by atoms with Crippen molar-refractivity contribution in [3.63, 3.8) is 0 Å². The number of carbonyl (C=O) groups is 1. The normalized spacial score (nSPS) is 34.8. The number of allylic oxidation sites excluding steroid dienone is 1. The maximum Gasteiger partial charge on any atom is 0.306 e. The number of fused-ring (bicyclic) bond motifs is 1. The lowest BCUT2D eigenvalue weighted by atomic mass is 9.47. The first-order valence-electron chi connectivity index (χ1n) is 10.7. The molecule has 2 aliphatic carbocycles. The average Bonchev–Trinajstić information content (AvgIpc) is 2.53. The largest absolute Gasteiger partial charge is 0.458 e. The Bertz CT molecular complexity index is 586. The minimum Gasteiger partial charge on any atom is -0.458 e. The highest BCUT2D eigenvalue weighted by atomic mass is 16.5. The Morgan fingerprint density at radius 2 is 2.07 bits per heavy atom. The van der Waals surface area contributed by atoms with Gasteiger partial charge in [-0.05, 0) is 68.8 Å². The van der Waals surface area contributed by atoms with Gasteiger partial charge in [0.2, 0.25) is 0 Å². The maximum absolute atomic E-state index is 12.3. The molecule has 1 saturated carbocycles. The Hall–Kier alpha value is -1.09. The van der Waals surface area contributed by atoms with Gasteiger partial charge in [0.1, 0.15) is 6.10 Å². The van der Waals surface area contributed by atoms with Crippen LogP contribution < -0.4 is 0 Å². The summed E-state index contributed by atoms with van der Waals surface area (Å²) in [5, 5.41) is 10.4. The molecule has 2 rings (SSSR count). The third-order valence-corrected chi connectivity index (χ3v) is 7.29. The van der Waals surface area contributed by atoms with Crippen molar-refractivity contribution in [1.29, 1.82) is 0 Å². The summed E-state index contributed by atoms with van der Waals surface area (Å²) in [6, 6.07) is 0. The second-order valence-corrected chi connectivity index (χ2v) is 10.1. The molecule has 3 heteroatoms. The van der Waals surface area contributed by atoms with Gasteiger partial charge in [-0.1, -0.05) is 45.8 Å². The quantitative estimate of drug-likeness (QED) is 0.449. The third kappa shape index (κ3) is 4.67. The maximum atomic E-state index is 12.3. The van der Waals surface area contributed by atoms with Crippen LogP contribution in [0, 0.1) is 22.7 Å². The average molecular weight is 377 g/mol. The predicted octanol–water partition coefficient (Wildman–Crippen LogP) is 5.82. The van der Waals surface area contributed by atoms with Gasteiger partial charge in [-0.15, -0.1) is 6.58 Å². The fraction of sp³-hybridized carbons (Fsp3) is 0.792. The van der Waals surface area contributed by atoms with Crippen LogP contribution in [0.4, 0.5) is 0 Å². The highest BCUT2D eigenvalue weighted by Crippen LogP contribution is 2.61. The number of hydrogen-bond donors (Lipinski definition) is 1. The van der Waals surface area contributed by atoms with Gasteiger partial charge in [0, 0.05) is 12.3 Å². The van der Waals surface area contributed by atoms with Crippen LogP contribution in [0.3, 0.4) is 0 Å². The molecule has 0 radical (unpaired) electrons. The molecule has 0 saturated heterocycles. The van der Waals surface area contributed by atoms with E-state index in [1.165, 1.54) is 18.4 Å². The fourth-order valence-electron chi connectivity index (χ4n) is 5.94. The Balaban J connectivity index is 2.37. The van der Waals surface area contributed by atoms with E-state index in [0.717, 1.165) is 19.3 Å². The van der Waals surface area contributed by atoms with Gasteiger partial charge in [-0.3, -0.25) is 4.79 Å². The molecule has 0 aliphatic heterocycles. The SMILES string of the molecule is C=C[C@](C)(O)CC[C@H]1C(C)=C[C@H](OC(=O)CCC)[C@H]2C(C)(C)CCC[C@]12C. The van der Waals surface area contributed by atoms with Crippen LogP contribution in [0.5, 0.6) is 0 Å². The number of rotatable bonds is 7. The van der Waals surface area contributed by atoms with Crippen molar-refractivity contribution >= 4 is 5.97 Å². The Morgan fingerprint density at radius 3 is 2.67 bits per heavy atom. The zero-order chi connectivity index (χ0) is 20.5. The number of hydrogen-bond acceptors (Lipinski definition) is 3. The first kappa shape index (κ1) is 22.2. The Labute approximate surface area is 166 Å². The van der Waals surface area contributed by atoms with E-state index in [4.69, 9.17) is 4.74 Å². The van der Waals surface area contributed by atoms with Gasteiger partial charge in [0.05, 0.1) is 5.60 Å². The van der Waals surface area contributed by atoms with Crippen LogP contribution in [-0.2, 0) is 9.53 Å². The molecular weight excluding hydrogens is 336 g/mol. The number of esters is 1. The molecule has 0 aromatic carbocycles. The number of aliphatic hydroxyl groups is 1.